The third-order valence-corrected chi connectivity index (χ3v) is 4.10. The average Bonchev–Trinajstić information content (AvgIpc) is 2.56. The molecule has 3 nitrogen and oxygen atoms in total. The molecule has 23 heavy (non-hydrogen) atoms. The minimum absolute atomic E-state index is 0.842. The number of unbranched alkanes of at least 4 members (excludes halogenated alkanes) is 2. The Hall–Kier alpha value is -2.00. The number of benzene rings is 2. The van der Waals surface area contributed by atoms with E-state index in [1.807, 2.05) is 24.3 Å². The molecule has 0 saturated heterocycles. The average molecular weight is 311 g/mol. The summed E-state index contributed by atoms with van der Waals surface area (Å²) in [4.78, 5) is 0. The fraction of sp³-hybridized carbons (Fsp3) is 0.400. The van der Waals surface area contributed by atoms with Crippen LogP contribution in [-0.4, -0.2) is 13.1 Å². The zero-order valence-electron chi connectivity index (χ0n) is 13.9. The van der Waals surface area contributed by atoms with Gasteiger partial charge >= 0.3 is 0 Å². The van der Waals surface area contributed by atoms with E-state index in [-0.39, 0.29) is 0 Å². The van der Waals surface area contributed by atoms with Crippen LogP contribution in [0.2, 0.25) is 0 Å². The third-order valence-electron chi connectivity index (χ3n) is 4.10. The number of anilines is 2. The van der Waals surface area contributed by atoms with Crippen LogP contribution in [0, 0.1) is 0 Å². The highest BCUT2D eigenvalue weighted by atomic mass is 14.8. The molecule has 2 aromatic carbocycles. The van der Waals surface area contributed by atoms with E-state index in [0.717, 1.165) is 37.3 Å². The summed E-state index contributed by atoms with van der Waals surface area (Å²) in [5, 5.41) is 3.54. The lowest BCUT2D eigenvalue weighted by Gasteiger charge is -2.06. The number of aryl methyl sites for hydroxylation is 2. The number of rotatable bonds is 10. The van der Waals surface area contributed by atoms with Crippen molar-refractivity contribution in [2.75, 3.05) is 24.6 Å². The molecular weight excluding hydrogens is 282 g/mol. The predicted octanol–water partition coefficient (Wildman–Crippen LogP) is 3.79. The van der Waals surface area contributed by atoms with Crippen molar-refractivity contribution >= 4 is 11.4 Å². The van der Waals surface area contributed by atoms with Crippen LogP contribution in [0.5, 0.6) is 0 Å². The summed E-state index contributed by atoms with van der Waals surface area (Å²) < 4.78 is 0. The van der Waals surface area contributed by atoms with Gasteiger partial charge < -0.3 is 16.8 Å². The molecule has 3 heteroatoms. The van der Waals surface area contributed by atoms with Crippen molar-refractivity contribution in [1.82, 2.24) is 5.32 Å². The third kappa shape index (κ3) is 7.20. The van der Waals surface area contributed by atoms with Crippen molar-refractivity contribution in [3.63, 3.8) is 0 Å². The normalized spacial score (nSPS) is 10.8. The lowest BCUT2D eigenvalue weighted by atomic mass is 10.1. The monoisotopic (exact) mass is 311 g/mol. The Labute approximate surface area is 140 Å². The van der Waals surface area contributed by atoms with Crippen LogP contribution in [-0.2, 0) is 12.8 Å². The Morgan fingerprint density at radius 2 is 0.957 bits per heavy atom. The Balaban J connectivity index is 1.43. The van der Waals surface area contributed by atoms with Gasteiger partial charge in [-0.15, -0.1) is 0 Å². The molecule has 0 bridgehead atoms. The first-order valence-corrected chi connectivity index (χ1v) is 8.63. The van der Waals surface area contributed by atoms with E-state index in [1.165, 1.54) is 36.8 Å². The van der Waals surface area contributed by atoms with Crippen LogP contribution in [0.4, 0.5) is 11.4 Å². The van der Waals surface area contributed by atoms with Crippen LogP contribution >= 0.6 is 0 Å². The van der Waals surface area contributed by atoms with Crippen molar-refractivity contribution in [1.29, 1.82) is 0 Å². The summed E-state index contributed by atoms with van der Waals surface area (Å²) >= 11 is 0. The fourth-order valence-corrected chi connectivity index (χ4v) is 2.65. The second-order valence-electron chi connectivity index (χ2n) is 6.15. The maximum Gasteiger partial charge on any atom is 0.0314 e. The van der Waals surface area contributed by atoms with Gasteiger partial charge in [0.25, 0.3) is 0 Å². The molecule has 0 spiro atoms. The lowest BCUT2D eigenvalue weighted by molar-refractivity contribution is 0.589. The predicted molar refractivity (Wildman–Crippen MR) is 100 cm³/mol. The molecule has 124 valence electrons. The molecule has 0 aliphatic rings. The van der Waals surface area contributed by atoms with E-state index < -0.39 is 0 Å². The minimum Gasteiger partial charge on any atom is -0.399 e. The van der Waals surface area contributed by atoms with Gasteiger partial charge in [-0.05, 0) is 87.0 Å². The Morgan fingerprint density at radius 1 is 0.565 bits per heavy atom. The number of hydrogen-bond acceptors (Lipinski definition) is 3. The van der Waals surface area contributed by atoms with E-state index in [2.05, 4.69) is 29.6 Å². The van der Waals surface area contributed by atoms with Gasteiger partial charge in [0.05, 0.1) is 0 Å². The topological polar surface area (TPSA) is 64.1 Å². The zero-order valence-corrected chi connectivity index (χ0v) is 13.9. The fourth-order valence-electron chi connectivity index (χ4n) is 2.65. The summed E-state index contributed by atoms with van der Waals surface area (Å²) in [6, 6.07) is 16.4. The summed E-state index contributed by atoms with van der Waals surface area (Å²) in [5.41, 5.74) is 15.8. The molecule has 0 amide bonds. The zero-order chi connectivity index (χ0) is 16.3. The van der Waals surface area contributed by atoms with Crippen LogP contribution in [0.1, 0.15) is 36.8 Å². The summed E-state index contributed by atoms with van der Waals surface area (Å²) in [6.07, 6.45) is 7.17. The SMILES string of the molecule is Nc1ccc(CCCCNCCCCc2ccc(N)cc2)cc1. The second kappa shape index (κ2) is 9.90. The van der Waals surface area contributed by atoms with E-state index in [9.17, 15) is 0 Å². The lowest BCUT2D eigenvalue weighted by Crippen LogP contribution is -2.16. The molecule has 0 atom stereocenters. The van der Waals surface area contributed by atoms with Crippen LogP contribution in [0.15, 0.2) is 48.5 Å². The van der Waals surface area contributed by atoms with E-state index >= 15 is 0 Å². The van der Waals surface area contributed by atoms with Crippen LogP contribution in [0.25, 0.3) is 0 Å². The molecule has 0 radical (unpaired) electrons. The van der Waals surface area contributed by atoms with Crippen molar-refractivity contribution in [2.24, 2.45) is 0 Å². The van der Waals surface area contributed by atoms with Gasteiger partial charge in [0, 0.05) is 11.4 Å². The smallest absolute Gasteiger partial charge is 0.0314 e. The first kappa shape index (κ1) is 17.4. The Kier molecular flexibility index (Phi) is 7.47. The first-order valence-electron chi connectivity index (χ1n) is 8.63. The highest BCUT2D eigenvalue weighted by molar-refractivity contribution is 5.39. The van der Waals surface area contributed by atoms with Gasteiger partial charge in [-0.3, -0.25) is 0 Å². The molecule has 5 N–H and O–H groups in total. The molecule has 2 rings (SSSR count). The molecule has 0 fully saturated rings. The Bertz CT molecular complexity index is 495. The van der Waals surface area contributed by atoms with Gasteiger partial charge in [-0.2, -0.15) is 0 Å². The summed E-state index contributed by atoms with van der Waals surface area (Å²) in [5.74, 6) is 0. The van der Waals surface area contributed by atoms with E-state index in [0.29, 0.717) is 0 Å². The van der Waals surface area contributed by atoms with Crippen molar-refractivity contribution in [3.8, 4) is 0 Å². The Morgan fingerprint density at radius 3 is 1.35 bits per heavy atom. The summed E-state index contributed by atoms with van der Waals surface area (Å²) in [7, 11) is 0. The van der Waals surface area contributed by atoms with Gasteiger partial charge in [0.2, 0.25) is 0 Å². The van der Waals surface area contributed by atoms with Gasteiger partial charge in [0.1, 0.15) is 0 Å². The number of nitrogens with two attached hydrogens (primary N) is 2. The molecule has 0 aromatic heterocycles. The van der Waals surface area contributed by atoms with Gasteiger partial charge in [-0.1, -0.05) is 24.3 Å². The second-order valence-corrected chi connectivity index (χ2v) is 6.15. The quantitative estimate of drug-likeness (QED) is 0.462. The van der Waals surface area contributed by atoms with E-state index in [1.54, 1.807) is 0 Å². The molecule has 2 aromatic rings. The highest BCUT2D eigenvalue weighted by Gasteiger charge is 1.96. The number of nitrogen functional groups attached to an aromatic ring is 2. The van der Waals surface area contributed by atoms with E-state index in [4.69, 9.17) is 11.5 Å². The molecule has 0 aliphatic carbocycles. The molecule has 0 heterocycles. The number of hydrogen-bond donors (Lipinski definition) is 3. The molecule has 0 saturated carbocycles. The van der Waals surface area contributed by atoms with Crippen molar-refractivity contribution in [3.05, 3.63) is 59.7 Å². The minimum atomic E-state index is 0.842. The maximum atomic E-state index is 5.69. The molecule has 0 unspecified atom stereocenters. The van der Waals surface area contributed by atoms with Gasteiger partial charge in [-0.25, -0.2) is 0 Å². The number of nitrogens with one attached hydrogen (secondary N) is 1. The van der Waals surface area contributed by atoms with Crippen LogP contribution < -0.4 is 16.8 Å². The van der Waals surface area contributed by atoms with Crippen LogP contribution in [0.3, 0.4) is 0 Å². The highest BCUT2D eigenvalue weighted by Crippen LogP contribution is 2.09. The largest absolute Gasteiger partial charge is 0.399 e. The maximum absolute atomic E-state index is 5.69. The van der Waals surface area contributed by atoms with Crippen molar-refractivity contribution in [2.45, 2.75) is 38.5 Å². The standard InChI is InChI=1S/C20H29N3/c21-19-11-7-17(8-12-19)5-1-3-15-23-16-4-2-6-18-9-13-20(22)14-10-18/h7-14,23H,1-6,15-16,21-22H2. The van der Waals surface area contributed by atoms with Gasteiger partial charge in [0.15, 0.2) is 0 Å². The summed E-state index contributed by atoms with van der Waals surface area (Å²) in [6.45, 7) is 2.22. The van der Waals surface area contributed by atoms with Crippen molar-refractivity contribution < 1.29 is 0 Å². The molecule has 0 aliphatic heterocycles. The first-order chi connectivity index (χ1) is 11.2. The molecular formula is C20H29N3.